The lowest BCUT2D eigenvalue weighted by atomic mass is 10.0. The van der Waals surface area contributed by atoms with Gasteiger partial charge in [-0.3, -0.25) is 14.2 Å². The van der Waals surface area contributed by atoms with E-state index in [0.29, 0.717) is 21.5 Å². The van der Waals surface area contributed by atoms with Crippen LogP contribution >= 0.6 is 27.3 Å². The molecule has 0 radical (unpaired) electrons. The molecule has 0 fully saturated rings. The Kier molecular flexibility index (Phi) is 7.47. The Morgan fingerprint density at radius 1 is 1.11 bits per heavy atom. The molecular formula is C26H24BrN3O4S. The maximum atomic E-state index is 13.4. The molecule has 2 aromatic carbocycles. The summed E-state index contributed by atoms with van der Waals surface area (Å²) in [5.74, 6) is -0.797. The first-order valence-electron chi connectivity index (χ1n) is 11.1. The van der Waals surface area contributed by atoms with Gasteiger partial charge in [-0.05, 0) is 62.2 Å². The number of hydrogen-bond acceptors (Lipinski definition) is 6. The summed E-state index contributed by atoms with van der Waals surface area (Å²) in [6, 6.07) is 14.2. The van der Waals surface area contributed by atoms with Gasteiger partial charge in [-0.1, -0.05) is 35.0 Å². The van der Waals surface area contributed by atoms with Crippen molar-refractivity contribution in [1.29, 1.82) is 0 Å². The van der Waals surface area contributed by atoms with Crippen molar-refractivity contribution in [2.75, 3.05) is 5.32 Å². The number of aromatic nitrogens is 2. The number of thiophene rings is 1. The van der Waals surface area contributed by atoms with Gasteiger partial charge in [0.05, 0.1) is 23.4 Å². The number of aryl methyl sites for hydroxylation is 1. The van der Waals surface area contributed by atoms with Crippen LogP contribution in [0.1, 0.15) is 36.0 Å². The second-order valence-corrected chi connectivity index (χ2v) is 10.2. The van der Waals surface area contributed by atoms with Crippen LogP contribution in [0.2, 0.25) is 0 Å². The number of nitrogens with one attached hydrogen (secondary N) is 1. The van der Waals surface area contributed by atoms with Gasteiger partial charge in [-0.15, -0.1) is 11.3 Å². The standard InChI is InChI=1S/C26H24BrN3O4S/c1-4-20-22(16-5-9-18(27)10-6-16)23-24(35-20)28-14-30(25(23)32)13-21(31)29-19-11-7-17(8-12-19)26(33)34-15(2)3/h5-12,14-15H,4,13H2,1-3H3,(H,29,31). The Morgan fingerprint density at radius 3 is 2.43 bits per heavy atom. The zero-order valence-electron chi connectivity index (χ0n) is 19.5. The van der Waals surface area contributed by atoms with Gasteiger partial charge in [0.2, 0.25) is 5.91 Å². The monoisotopic (exact) mass is 553 g/mol. The summed E-state index contributed by atoms with van der Waals surface area (Å²) in [5.41, 5.74) is 2.46. The molecule has 0 spiro atoms. The molecule has 1 amide bonds. The maximum absolute atomic E-state index is 13.4. The van der Waals surface area contributed by atoms with Gasteiger partial charge in [0.25, 0.3) is 5.56 Å². The molecule has 0 aliphatic carbocycles. The molecule has 2 aromatic heterocycles. The van der Waals surface area contributed by atoms with Gasteiger partial charge in [-0.2, -0.15) is 0 Å². The highest BCUT2D eigenvalue weighted by Crippen LogP contribution is 2.36. The minimum atomic E-state index is -0.424. The topological polar surface area (TPSA) is 90.3 Å². The Hall–Kier alpha value is -3.30. The first-order chi connectivity index (χ1) is 16.8. The number of rotatable bonds is 7. The molecule has 4 aromatic rings. The van der Waals surface area contributed by atoms with Gasteiger partial charge in [0, 0.05) is 20.6 Å². The number of esters is 1. The predicted molar refractivity (Wildman–Crippen MR) is 142 cm³/mol. The van der Waals surface area contributed by atoms with Crippen LogP contribution in [-0.4, -0.2) is 27.5 Å². The predicted octanol–water partition coefficient (Wildman–Crippen LogP) is 5.65. The van der Waals surface area contributed by atoms with E-state index in [-0.39, 0.29) is 24.1 Å². The van der Waals surface area contributed by atoms with Crippen LogP contribution in [0, 0.1) is 0 Å². The third kappa shape index (κ3) is 5.52. The smallest absolute Gasteiger partial charge is 0.338 e. The summed E-state index contributed by atoms with van der Waals surface area (Å²) < 4.78 is 7.44. The van der Waals surface area contributed by atoms with Crippen molar-refractivity contribution < 1.29 is 14.3 Å². The number of carbonyl (C=O) groups is 2. The Labute approximate surface area is 214 Å². The van der Waals surface area contributed by atoms with E-state index in [1.165, 1.54) is 22.2 Å². The van der Waals surface area contributed by atoms with Crippen molar-refractivity contribution in [2.24, 2.45) is 0 Å². The fraction of sp³-hybridized carbons (Fsp3) is 0.231. The average Bonchev–Trinajstić information content (AvgIpc) is 3.21. The Morgan fingerprint density at radius 2 is 1.80 bits per heavy atom. The molecule has 0 bridgehead atoms. The highest BCUT2D eigenvalue weighted by atomic mass is 79.9. The molecule has 0 aliphatic heterocycles. The zero-order valence-corrected chi connectivity index (χ0v) is 21.9. The van der Waals surface area contributed by atoms with Crippen LogP contribution in [-0.2, 0) is 22.5 Å². The summed E-state index contributed by atoms with van der Waals surface area (Å²) in [6.07, 6.45) is 1.97. The average molecular weight is 554 g/mol. The minimum absolute atomic E-state index is 0.185. The van der Waals surface area contributed by atoms with Crippen LogP contribution in [0.4, 0.5) is 5.69 Å². The maximum Gasteiger partial charge on any atom is 0.338 e. The highest BCUT2D eigenvalue weighted by molar-refractivity contribution is 9.10. The van der Waals surface area contributed by atoms with E-state index >= 15 is 0 Å². The van der Waals surface area contributed by atoms with Crippen molar-refractivity contribution in [3.63, 3.8) is 0 Å². The van der Waals surface area contributed by atoms with E-state index in [2.05, 4.69) is 26.2 Å². The fourth-order valence-electron chi connectivity index (χ4n) is 3.68. The molecule has 7 nitrogen and oxygen atoms in total. The number of hydrogen-bond donors (Lipinski definition) is 1. The molecular weight excluding hydrogens is 530 g/mol. The lowest BCUT2D eigenvalue weighted by molar-refractivity contribution is -0.116. The summed E-state index contributed by atoms with van der Waals surface area (Å²) in [7, 11) is 0. The Bertz CT molecular complexity index is 1440. The van der Waals surface area contributed by atoms with Crippen LogP contribution in [0.3, 0.4) is 0 Å². The molecule has 0 saturated carbocycles. The molecule has 0 aliphatic rings. The number of anilines is 1. The summed E-state index contributed by atoms with van der Waals surface area (Å²) in [4.78, 5) is 44.3. The number of benzene rings is 2. The summed E-state index contributed by atoms with van der Waals surface area (Å²) in [5, 5.41) is 3.29. The number of amides is 1. The molecule has 1 N–H and O–H groups in total. The second kappa shape index (κ2) is 10.5. The number of nitrogens with zero attached hydrogens (tertiary/aromatic N) is 2. The summed E-state index contributed by atoms with van der Waals surface area (Å²) in [6.45, 7) is 5.42. The molecule has 4 rings (SSSR count). The largest absolute Gasteiger partial charge is 0.459 e. The van der Waals surface area contributed by atoms with Crippen LogP contribution < -0.4 is 10.9 Å². The number of ether oxygens (including phenoxy) is 1. The molecule has 9 heteroatoms. The van der Waals surface area contributed by atoms with Crippen molar-refractivity contribution in [1.82, 2.24) is 9.55 Å². The molecule has 35 heavy (non-hydrogen) atoms. The van der Waals surface area contributed by atoms with Gasteiger partial charge in [0.15, 0.2) is 0 Å². The van der Waals surface area contributed by atoms with Crippen molar-refractivity contribution in [3.8, 4) is 11.1 Å². The molecule has 180 valence electrons. The van der Waals surface area contributed by atoms with Gasteiger partial charge in [0.1, 0.15) is 11.4 Å². The Balaban J connectivity index is 1.58. The quantitative estimate of drug-likeness (QED) is 0.298. The minimum Gasteiger partial charge on any atom is -0.459 e. The van der Waals surface area contributed by atoms with Crippen LogP contribution in [0.5, 0.6) is 0 Å². The number of fused-ring (bicyclic) bond motifs is 1. The third-order valence-corrected chi connectivity index (χ3v) is 7.04. The molecule has 0 unspecified atom stereocenters. The van der Waals surface area contributed by atoms with Crippen molar-refractivity contribution in [2.45, 2.75) is 39.8 Å². The number of halogens is 1. The molecule has 0 atom stereocenters. The lowest BCUT2D eigenvalue weighted by Crippen LogP contribution is -2.27. The lowest BCUT2D eigenvalue weighted by Gasteiger charge is -2.10. The summed E-state index contributed by atoms with van der Waals surface area (Å²) >= 11 is 4.95. The molecule has 0 saturated heterocycles. The number of carbonyl (C=O) groups excluding carboxylic acids is 2. The van der Waals surface area contributed by atoms with Gasteiger partial charge < -0.3 is 10.1 Å². The van der Waals surface area contributed by atoms with Crippen LogP contribution in [0.15, 0.2) is 64.1 Å². The second-order valence-electron chi connectivity index (χ2n) is 8.20. The third-order valence-electron chi connectivity index (χ3n) is 5.27. The zero-order chi connectivity index (χ0) is 25.1. The van der Waals surface area contributed by atoms with E-state index < -0.39 is 5.97 Å². The van der Waals surface area contributed by atoms with Crippen molar-refractivity contribution >= 4 is 55.0 Å². The van der Waals surface area contributed by atoms with Crippen LogP contribution in [0.25, 0.3) is 21.3 Å². The van der Waals surface area contributed by atoms with Gasteiger partial charge in [-0.25, -0.2) is 9.78 Å². The normalized spacial score (nSPS) is 11.1. The fourth-order valence-corrected chi connectivity index (χ4v) is 5.04. The van der Waals surface area contributed by atoms with Crippen molar-refractivity contribution in [3.05, 3.63) is 80.1 Å². The molecule has 2 heterocycles. The van der Waals surface area contributed by atoms with E-state index in [1.54, 1.807) is 38.1 Å². The first kappa shape index (κ1) is 24.8. The first-order valence-corrected chi connectivity index (χ1v) is 12.8. The highest BCUT2D eigenvalue weighted by Gasteiger charge is 2.19. The SMILES string of the molecule is CCc1sc2ncn(CC(=O)Nc3ccc(C(=O)OC(C)C)cc3)c(=O)c2c1-c1ccc(Br)cc1. The van der Waals surface area contributed by atoms with Gasteiger partial charge >= 0.3 is 5.97 Å². The van der Waals surface area contributed by atoms with E-state index in [9.17, 15) is 14.4 Å². The van der Waals surface area contributed by atoms with E-state index in [0.717, 1.165) is 26.9 Å². The van der Waals surface area contributed by atoms with E-state index in [4.69, 9.17) is 4.74 Å². The van der Waals surface area contributed by atoms with E-state index in [1.807, 2.05) is 31.2 Å².